The van der Waals surface area contributed by atoms with E-state index in [2.05, 4.69) is 13.2 Å². The second-order valence-corrected chi connectivity index (χ2v) is 10.00. The summed E-state index contributed by atoms with van der Waals surface area (Å²) in [6, 6.07) is 0. The fourth-order valence-corrected chi connectivity index (χ4v) is 6.34. The van der Waals surface area contributed by atoms with Crippen molar-refractivity contribution in [1.29, 1.82) is 0 Å². The highest BCUT2D eigenvalue weighted by atomic mass is 32.1. The summed E-state index contributed by atoms with van der Waals surface area (Å²) in [5.41, 5.74) is 1.03. The molecule has 1 heterocycles. The summed E-state index contributed by atoms with van der Waals surface area (Å²) in [6.07, 6.45) is 24.1. The fraction of sp³-hybridized carbons (Fsp3) is 0.708. The Kier molecular flexibility index (Phi) is 8.70. The van der Waals surface area contributed by atoms with Crippen LogP contribution in [0, 0.1) is 0 Å². The van der Waals surface area contributed by atoms with Gasteiger partial charge in [-0.1, -0.05) is 102 Å². The second kappa shape index (κ2) is 11.2. The van der Waals surface area contributed by atoms with E-state index in [0.717, 1.165) is 17.3 Å². The van der Waals surface area contributed by atoms with Crippen LogP contribution in [-0.2, 0) is 0 Å². The monoisotopic (exact) mass is 383 g/mol. The predicted octanol–water partition coefficient (Wildman–Crippen LogP) is 8.01. The Bertz CT molecular complexity index is 548. The topological polar surface area (TPSA) is 12.9 Å². The molecular formula is C24H38BNS. The first-order valence-corrected chi connectivity index (χ1v) is 12.4. The maximum absolute atomic E-state index is 4.84. The lowest BCUT2D eigenvalue weighted by molar-refractivity contribution is 0.434. The van der Waals surface area contributed by atoms with Gasteiger partial charge in [-0.3, -0.25) is 0 Å². The lowest BCUT2D eigenvalue weighted by Crippen LogP contribution is -2.18. The first-order valence-electron chi connectivity index (χ1n) is 11.6. The van der Waals surface area contributed by atoms with Gasteiger partial charge < -0.3 is 0 Å². The average molecular weight is 383 g/mol. The molecule has 2 saturated carbocycles. The van der Waals surface area contributed by atoms with E-state index < -0.39 is 0 Å². The van der Waals surface area contributed by atoms with Crippen molar-refractivity contribution >= 4 is 30.8 Å². The lowest BCUT2D eigenvalue weighted by Gasteiger charge is -2.29. The normalized spacial score (nSPS) is 26.1. The smallest absolute Gasteiger partial charge is 0.127 e. The second-order valence-electron chi connectivity index (χ2n) is 8.93. The van der Waals surface area contributed by atoms with E-state index in [1.54, 1.807) is 0 Å². The molecule has 3 rings (SSSR count). The molecule has 0 radical (unpaired) electrons. The van der Waals surface area contributed by atoms with E-state index >= 15 is 0 Å². The van der Waals surface area contributed by atoms with Crippen molar-refractivity contribution in [3.63, 3.8) is 0 Å². The Labute approximate surface area is 172 Å². The largest absolute Gasteiger partial charge is 0.241 e. The van der Waals surface area contributed by atoms with Crippen molar-refractivity contribution in [3.05, 3.63) is 28.7 Å². The molecule has 0 aromatic carbocycles. The highest BCUT2D eigenvalue weighted by molar-refractivity contribution is 7.12. The van der Waals surface area contributed by atoms with Crippen LogP contribution < -0.4 is 0 Å². The van der Waals surface area contributed by atoms with E-state index in [1.807, 2.05) is 23.5 Å². The molecule has 1 aromatic heterocycles. The summed E-state index contributed by atoms with van der Waals surface area (Å²) in [6.45, 7) is 7.83. The Hall–Kier alpha value is -0.825. The predicted molar refractivity (Wildman–Crippen MR) is 124 cm³/mol. The van der Waals surface area contributed by atoms with E-state index in [1.165, 1.54) is 107 Å². The Balaban J connectivity index is 1.48. The van der Waals surface area contributed by atoms with Crippen LogP contribution in [0.5, 0.6) is 0 Å². The van der Waals surface area contributed by atoms with Gasteiger partial charge in [0.15, 0.2) is 0 Å². The van der Waals surface area contributed by atoms with Gasteiger partial charge in [0.1, 0.15) is 7.28 Å². The Morgan fingerprint density at radius 1 is 0.741 bits per heavy atom. The first kappa shape index (κ1) is 20.9. The van der Waals surface area contributed by atoms with Crippen LogP contribution in [0.1, 0.15) is 111 Å². The van der Waals surface area contributed by atoms with E-state index in [4.69, 9.17) is 4.98 Å². The fourth-order valence-electron chi connectivity index (χ4n) is 5.25. The lowest BCUT2D eigenvalue weighted by atomic mass is 9.49. The van der Waals surface area contributed by atoms with Crippen LogP contribution in [0.4, 0.5) is 0 Å². The summed E-state index contributed by atoms with van der Waals surface area (Å²) in [5, 5.41) is 1.33. The minimum atomic E-state index is 0.672. The molecule has 2 aliphatic carbocycles. The minimum Gasteiger partial charge on any atom is -0.241 e. The van der Waals surface area contributed by atoms with Crippen molar-refractivity contribution in [2.24, 2.45) is 0 Å². The molecular weight excluding hydrogens is 345 g/mol. The number of thiazole rings is 1. The maximum atomic E-state index is 4.84. The van der Waals surface area contributed by atoms with Crippen LogP contribution >= 0.6 is 11.3 Å². The Morgan fingerprint density at radius 3 is 1.81 bits per heavy atom. The SMILES string of the molecule is C=Cc1nc(C2CCC(BC3CCCCCCCCCC3)CC2)sc1C=C. The number of hydrogen-bond acceptors (Lipinski definition) is 2. The molecule has 1 nitrogen and oxygen atoms in total. The van der Waals surface area contributed by atoms with E-state index in [9.17, 15) is 0 Å². The zero-order valence-corrected chi connectivity index (χ0v) is 18.1. The van der Waals surface area contributed by atoms with Crippen molar-refractivity contribution in [1.82, 2.24) is 4.98 Å². The van der Waals surface area contributed by atoms with Gasteiger partial charge in [0.25, 0.3) is 0 Å². The number of aromatic nitrogens is 1. The highest BCUT2D eigenvalue weighted by Crippen LogP contribution is 2.42. The molecule has 0 aliphatic heterocycles. The molecule has 0 bridgehead atoms. The molecule has 2 fully saturated rings. The van der Waals surface area contributed by atoms with E-state index in [-0.39, 0.29) is 0 Å². The van der Waals surface area contributed by atoms with Gasteiger partial charge in [-0.15, -0.1) is 11.3 Å². The van der Waals surface area contributed by atoms with Crippen molar-refractivity contribution < 1.29 is 0 Å². The van der Waals surface area contributed by atoms with Crippen LogP contribution in [0.2, 0.25) is 11.6 Å². The third-order valence-corrected chi connectivity index (χ3v) is 8.14. The van der Waals surface area contributed by atoms with Gasteiger partial charge in [0.05, 0.1) is 15.6 Å². The van der Waals surface area contributed by atoms with Crippen molar-refractivity contribution in [3.8, 4) is 0 Å². The van der Waals surface area contributed by atoms with Crippen LogP contribution in [-0.4, -0.2) is 12.3 Å². The quantitative estimate of drug-likeness (QED) is 0.469. The average Bonchev–Trinajstić information content (AvgIpc) is 3.10. The number of nitrogens with zero attached hydrogens (tertiary/aromatic N) is 1. The van der Waals surface area contributed by atoms with Crippen LogP contribution in [0.3, 0.4) is 0 Å². The molecule has 27 heavy (non-hydrogen) atoms. The Morgan fingerprint density at radius 2 is 1.30 bits per heavy atom. The van der Waals surface area contributed by atoms with Crippen LogP contribution in [0.15, 0.2) is 13.2 Å². The third-order valence-electron chi connectivity index (χ3n) is 6.91. The molecule has 1 aromatic rings. The van der Waals surface area contributed by atoms with Gasteiger partial charge in [-0.2, -0.15) is 0 Å². The maximum Gasteiger partial charge on any atom is 0.127 e. The van der Waals surface area contributed by atoms with Gasteiger partial charge in [0.2, 0.25) is 0 Å². The molecule has 0 amide bonds. The minimum absolute atomic E-state index is 0.672. The zero-order chi connectivity index (χ0) is 18.9. The molecule has 0 N–H and O–H groups in total. The summed E-state index contributed by atoms with van der Waals surface area (Å²) in [7, 11) is 1.50. The van der Waals surface area contributed by atoms with Gasteiger partial charge in [-0.05, 0) is 25.0 Å². The van der Waals surface area contributed by atoms with Crippen molar-refractivity contribution in [2.75, 3.05) is 0 Å². The summed E-state index contributed by atoms with van der Waals surface area (Å²) in [5.74, 6) is 2.64. The van der Waals surface area contributed by atoms with Crippen molar-refractivity contribution in [2.45, 2.75) is 107 Å². The molecule has 3 heteroatoms. The molecule has 0 unspecified atom stereocenters. The number of rotatable bonds is 5. The molecule has 0 atom stereocenters. The zero-order valence-electron chi connectivity index (χ0n) is 17.3. The molecule has 0 saturated heterocycles. The molecule has 148 valence electrons. The van der Waals surface area contributed by atoms with Crippen LogP contribution in [0.25, 0.3) is 12.2 Å². The van der Waals surface area contributed by atoms with Gasteiger partial charge in [0, 0.05) is 5.92 Å². The first-order chi connectivity index (χ1) is 13.3. The summed E-state index contributed by atoms with van der Waals surface area (Å²) in [4.78, 5) is 6.04. The van der Waals surface area contributed by atoms with Gasteiger partial charge >= 0.3 is 0 Å². The molecule has 2 aliphatic rings. The summed E-state index contributed by atoms with van der Waals surface area (Å²) >= 11 is 1.84. The standard InChI is InChI=1S/C24H38BNS/c1-3-22-23(4-2)27-24(26-22)19-15-17-21(18-16-19)25-20-13-11-9-7-5-6-8-10-12-14-20/h3-4,19-21,25H,1-2,5-18H2. The summed E-state index contributed by atoms with van der Waals surface area (Å²) < 4.78 is 0. The third kappa shape index (κ3) is 6.34. The van der Waals surface area contributed by atoms with Gasteiger partial charge in [-0.25, -0.2) is 4.98 Å². The number of hydrogen-bond donors (Lipinski definition) is 0. The molecule has 0 spiro atoms. The van der Waals surface area contributed by atoms with E-state index in [0.29, 0.717) is 5.92 Å². The highest BCUT2D eigenvalue weighted by Gasteiger charge is 2.27.